The van der Waals surface area contributed by atoms with Crippen LogP contribution in [0.15, 0.2) is 24.3 Å². The van der Waals surface area contributed by atoms with Crippen LogP contribution in [0.25, 0.3) is 0 Å². The molecule has 8 heteroatoms. The fraction of sp³-hybridized carbons (Fsp3) is 0.609. The van der Waals surface area contributed by atoms with E-state index in [9.17, 15) is 19.2 Å². The van der Waals surface area contributed by atoms with Crippen LogP contribution in [0.2, 0.25) is 0 Å². The number of carbonyl (C=O) groups is 2. The molecule has 5 rings (SSSR count). The summed E-state index contributed by atoms with van der Waals surface area (Å²) in [6.07, 6.45) is 4.44. The molecule has 3 aliphatic heterocycles. The summed E-state index contributed by atoms with van der Waals surface area (Å²) in [5, 5.41) is 9.25. The maximum Gasteiger partial charge on any atom is 0.241 e. The number of halogens is 1. The van der Waals surface area contributed by atoms with Gasteiger partial charge in [-0.3, -0.25) is 14.5 Å². The van der Waals surface area contributed by atoms with Gasteiger partial charge in [-0.1, -0.05) is 12.1 Å². The van der Waals surface area contributed by atoms with Gasteiger partial charge in [-0.25, -0.2) is 4.39 Å². The molecule has 2 bridgehead atoms. The fourth-order valence-electron chi connectivity index (χ4n) is 5.70. The topological polar surface area (TPSA) is 93.7 Å². The Morgan fingerprint density at radius 3 is 2.65 bits per heavy atom. The Balaban J connectivity index is 1.26. The van der Waals surface area contributed by atoms with Gasteiger partial charge in [0, 0.05) is 25.7 Å². The van der Waals surface area contributed by atoms with Crippen molar-refractivity contribution in [2.24, 2.45) is 11.7 Å². The summed E-state index contributed by atoms with van der Waals surface area (Å²) < 4.78 is 13.4. The maximum atomic E-state index is 13.4. The number of fused-ring (bicyclic) bond motifs is 2. The van der Waals surface area contributed by atoms with Gasteiger partial charge in [0.1, 0.15) is 11.9 Å². The van der Waals surface area contributed by atoms with E-state index in [4.69, 9.17) is 5.73 Å². The number of hydrogen-bond acceptors (Lipinski definition) is 5. The Hall–Kier alpha value is -2.50. The minimum atomic E-state index is -0.731. The monoisotopic (exact) mass is 425 g/mol. The summed E-state index contributed by atoms with van der Waals surface area (Å²) in [6, 6.07) is 7.43. The summed E-state index contributed by atoms with van der Waals surface area (Å²) in [5.74, 6) is 0.0599. The van der Waals surface area contributed by atoms with E-state index in [0.717, 1.165) is 31.2 Å². The second-order valence-electron chi connectivity index (χ2n) is 9.36. The molecule has 31 heavy (non-hydrogen) atoms. The smallest absolute Gasteiger partial charge is 0.241 e. The first-order valence-electron chi connectivity index (χ1n) is 11.3. The Bertz CT molecular complexity index is 912. The van der Waals surface area contributed by atoms with Crippen molar-refractivity contribution in [1.29, 1.82) is 5.26 Å². The quantitative estimate of drug-likeness (QED) is 0.744. The average Bonchev–Trinajstić information content (AvgIpc) is 3.20. The molecular formula is C23H28FN5O2. The van der Waals surface area contributed by atoms with Gasteiger partial charge < -0.3 is 15.5 Å². The van der Waals surface area contributed by atoms with Gasteiger partial charge in [0.25, 0.3) is 0 Å². The molecule has 3 heterocycles. The molecule has 1 saturated carbocycles. The van der Waals surface area contributed by atoms with Gasteiger partial charge in [-0.05, 0) is 55.7 Å². The minimum Gasteiger partial charge on any atom is -0.330 e. The van der Waals surface area contributed by atoms with E-state index < -0.39 is 6.04 Å². The number of amides is 2. The molecule has 7 nitrogen and oxygen atoms in total. The van der Waals surface area contributed by atoms with Gasteiger partial charge in [0.2, 0.25) is 11.8 Å². The van der Waals surface area contributed by atoms with Crippen LogP contribution in [0.4, 0.5) is 4.39 Å². The van der Waals surface area contributed by atoms with E-state index in [1.165, 1.54) is 12.1 Å². The van der Waals surface area contributed by atoms with Gasteiger partial charge >= 0.3 is 0 Å². The van der Waals surface area contributed by atoms with Crippen LogP contribution in [0.5, 0.6) is 0 Å². The third-order valence-electron chi connectivity index (χ3n) is 7.33. The minimum absolute atomic E-state index is 0.00143. The number of carbonyl (C=O) groups excluding carboxylic acids is 2. The van der Waals surface area contributed by atoms with Gasteiger partial charge in [0.15, 0.2) is 0 Å². The second-order valence-corrected chi connectivity index (χ2v) is 9.36. The molecule has 4 aliphatic rings. The lowest BCUT2D eigenvalue weighted by Gasteiger charge is -2.40. The molecule has 0 radical (unpaired) electrons. The van der Waals surface area contributed by atoms with E-state index in [0.29, 0.717) is 32.0 Å². The van der Waals surface area contributed by atoms with E-state index in [1.54, 1.807) is 17.0 Å². The fourth-order valence-corrected chi connectivity index (χ4v) is 5.70. The zero-order valence-electron chi connectivity index (χ0n) is 17.5. The number of nitrogens with zero attached hydrogens (tertiary/aromatic N) is 4. The van der Waals surface area contributed by atoms with Crippen molar-refractivity contribution in [3.8, 4) is 6.07 Å². The molecule has 0 unspecified atom stereocenters. The first-order chi connectivity index (χ1) is 15.0. The highest BCUT2D eigenvalue weighted by Gasteiger charge is 2.54. The first kappa shape index (κ1) is 20.4. The molecule has 164 valence electrons. The molecule has 1 aromatic carbocycles. The summed E-state index contributed by atoms with van der Waals surface area (Å²) in [7, 11) is 0. The molecule has 3 saturated heterocycles. The number of benzene rings is 1. The maximum absolute atomic E-state index is 13.4. The van der Waals surface area contributed by atoms with Crippen molar-refractivity contribution < 1.29 is 14.0 Å². The molecule has 0 spiro atoms. The lowest BCUT2D eigenvalue weighted by Crippen LogP contribution is -2.57. The van der Waals surface area contributed by atoms with Crippen LogP contribution in [0.1, 0.15) is 43.7 Å². The predicted molar refractivity (Wildman–Crippen MR) is 111 cm³/mol. The van der Waals surface area contributed by atoms with Crippen LogP contribution in [0, 0.1) is 23.1 Å². The molecule has 4 fully saturated rings. The lowest BCUT2D eigenvalue weighted by atomic mass is 9.99. The summed E-state index contributed by atoms with van der Waals surface area (Å²) in [4.78, 5) is 31.7. The zero-order chi connectivity index (χ0) is 21.7. The van der Waals surface area contributed by atoms with Crippen LogP contribution in [0.3, 0.4) is 0 Å². The number of nitrogens with two attached hydrogens (primary N) is 1. The third kappa shape index (κ3) is 3.60. The lowest BCUT2D eigenvalue weighted by molar-refractivity contribution is -0.141. The third-order valence-corrected chi connectivity index (χ3v) is 7.33. The van der Waals surface area contributed by atoms with E-state index in [-0.39, 0.29) is 41.8 Å². The second kappa shape index (κ2) is 7.88. The summed E-state index contributed by atoms with van der Waals surface area (Å²) in [6.45, 7) is 1.60. The SMILES string of the molecule is N#C[C@@H]1CCCN1C(=O)[C@@H](N)CN1C[C@@H]2C[C@H]1C(=O)N2[C@@H](c1ccc(F)cc1)C1CC1. The van der Waals surface area contributed by atoms with E-state index >= 15 is 0 Å². The van der Waals surface area contributed by atoms with Crippen molar-refractivity contribution in [3.05, 3.63) is 35.6 Å². The molecule has 2 N–H and O–H groups in total. The molecule has 2 amide bonds. The number of rotatable bonds is 6. The van der Waals surface area contributed by atoms with Crippen molar-refractivity contribution in [3.63, 3.8) is 0 Å². The van der Waals surface area contributed by atoms with Crippen LogP contribution >= 0.6 is 0 Å². The standard InChI is InChI=1S/C23H28FN5O2/c24-16-7-5-15(6-8-16)21(14-3-4-14)29-18-10-20(23(29)31)27(12-18)13-19(26)22(30)28-9-1-2-17(28)11-25/h5-8,14,17-21H,1-4,9-10,12-13,26H2/t17-,18-,19-,20-,21+/m0/s1. The molecule has 5 atom stereocenters. The van der Waals surface area contributed by atoms with Crippen molar-refractivity contribution >= 4 is 11.8 Å². The predicted octanol–water partition coefficient (Wildman–Crippen LogP) is 1.40. The Kier molecular flexibility index (Phi) is 5.19. The van der Waals surface area contributed by atoms with Crippen molar-refractivity contribution in [1.82, 2.24) is 14.7 Å². The molecule has 1 aromatic rings. The molecular weight excluding hydrogens is 397 g/mol. The first-order valence-corrected chi connectivity index (χ1v) is 11.3. The average molecular weight is 426 g/mol. The van der Waals surface area contributed by atoms with Gasteiger partial charge in [-0.2, -0.15) is 5.26 Å². The Labute approximate surface area is 181 Å². The van der Waals surface area contributed by atoms with Crippen LogP contribution < -0.4 is 5.73 Å². The highest BCUT2D eigenvalue weighted by molar-refractivity contribution is 5.87. The van der Waals surface area contributed by atoms with Crippen molar-refractivity contribution in [2.45, 2.75) is 62.3 Å². The van der Waals surface area contributed by atoms with E-state index in [1.807, 2.05) is 9.80 Å². The summed E-state index contributed by atoms with van der Waals surface area (Å²) in [5.41, 5.74) is 7.23. The van der Waals surface area contributed by atoms with Crippen LogP contribution in [-0.4, -0.2) is 70.3 Å². The largest absolute Gasteiger partial charge is 0.330 e. The number of nitriles is 1. The Morgan fingerprint density at radius 2 is 2.00 bits per heavy atom. The van der Waals surface area contributed by atoms with Gasteiger partial charge in [0.05, 0.1) is 24.2 Å². The number of piperazine rings is 1. The molecule has 0 aromatic heterocycles. The van der Waals surface area contributed by atoms with E-state index in [2.05, 4.69) is 6.07 Å². The highest BCUT2D eigenvalue weighted by Crippen LogP contribution is 2.49. The van der Waals surface area contributed by atoms with Crippen molar-refractivity contribution in [2.75, 3.05) is 19.6 Å². The highest BCUT2D eigenvalue weighted by atomic mass is 19.1. The number of likely N-dealkylation sites (tertiary alicyclic amines) is 3. The Morgan fingerprint density at radius 1 is 1.26 bits per heavy atom. The zero-order valence-corrected chi connectivity index (χ0v) is 17.5. The summed E-state index contributed by atoms with van der Waals surface area (Å²) >= 11 is 0. The molecule has 1 aliphatic carbocycles. The van der Waals surface area contributed by atoms with Crippen LogP contribution in [-0.2, 0) is 9.59 Å². The van der Waals surface area contributed by atoms with Gasteiger partial charge in [-0.15, -0.1) is 0 Å². The normalized spacial score (nSPS) is 30.0. The number of hydrogen-bond donors (Lipinski definition) is 1.